The van der Waals surface area contributed by atoms with Crippen LogP contribution >= 0.6 is 34.4 Å². The van der Waals surface area contributed by atoms with Crippen LogP contribution in [0.4, 0.5) is 10.1 Å². The zero-order chi connectivity index (χ0) is 10.7. The van der Waals surface area contributed by atoms with Crippen LogP contribution in [0.3, 0.4) is 0 Å². The van der Waals surface area contributed by atoms with Crippen molar-refractivity contribution >= 4 is 40.0 Å². The fraction of sp³-hybridized carbons (Fsp3) is 0.455. The van der Waals surface area contributed by atoms with Crippen LogP contribution in [0, 0.1) is 9.39 Å². The molecule has 1 aromatic rings. The monoisotopic (exact) mass is 337 g/mol. The van der Waals surface area contributed by atoms with E-state index in [4.69, 9.17) is 0 Å². The molecule has 1 N–H and O–H groups in total. The van der Waals surface area contributed by atoms with Gasteiger partial charge in [-0.25, -0.2) is 4.39 Å². The van der Waals surface area contributed by atoms with Gasteiger partial charge in [-0.2, -0.15) is 11.8 Å². The molecule has 1 nitrogen and oxygen atoms in total. The lowest BCUT2D eigenvalue weighted by molar-refractivity contribution is 0.626. The SMILES string of the molecule is Fc1ccc(NC2CCSCC2)c(I)c1. The number of benzene rings is 1. The minimum absolute atomic E-state index is 0.163. The molecule has 2 rings (SSSR count). The van der Waals surface area contributed by atoms with Gasteiger partial charge in [0, 0.05) is 15.3 Å². The standard InChI is InChI=1S/C11H13FINS/c12-8-1-2-11(10(13)7-8)14-9-3-5-15-6-4-9/h1-2,7,9,14H,3-6H2. The third-order valence-corrected chi connectivity index (χ3v) is 4.45. The Kier molecular flexibility index (Phi) is 4.13. The van der Waals surface area contributed by atoms with Gasteiger partial charge in [0.1, 0.15) is 5.82 Å². The van der Waals surface area contributed by atoms with Gasteiger partial charge in [-0.15, -0.1) is 0 Å². The van der Waals surface area contributed by atoms with Gasteiger partial charge in [-0.1, -0.05) is 0 Å². The normalized spacial score (nSPS) is 17.7. The summed E-state index contributed by atoms with van der Waals surface area (Å²) in [4.78, 5) is 0. The van der Waals surface area contributed by atoms with E-state index < -0.39 is 0 Å². The van der Waals surface area contributed by atoms with E-state index in [-0.39, 0.29) is 5.82 Å². The molecule has 0 bridgehead atoms. The van der Waals surface area contributed by atoms with Gasteiger partial charge < -0.3 is 5.32 Å². The van der Waals surface area contributed by atoms with E-state index >= 15 is 0 Å². The van der Waals surface area contributed by atoms with Crippen molar-refractivity contribution in [3.8, 4) is 0 Å². The largest absolute Gasteiger partial charge is 0.381 e. The highest BCUT2D eigenvalue weighted by atomic mass is 127. The number of anilines is 1. The fourth-order valence-corrected chi connectivity index (χ4v) is 3.41. The summed E-state index contributed by atoms with van der Waals surface area (Å²) in [5.41, 5.74) is 1.06. The molecule has 0 spiro atoms. The van der Waals surface area contributed by atoms with E-state index in [0.29, 0.717) is 6.04 Å². The van der Waals surface area contributed by atoms with E-state index in [1.54, 1.807) is 6.07 Å². The van der Waals surface area contributed by atoms with E-state index in [0.717, 1.165) is 9.26 Å². The Morgan fingerprint density at radius 3 is 2.73 bits per heavy atom. The predicted octanol–water partition coefficient (Wildman–Crippen LogP) is 3.74. The Morgan fingerprint density at radius 2 is 2.07 bits per heavy atom. The van der Waals surface area contributed by atoms with Gasteiger partial charge in [-0.3, -0.25) is 0 Å². The molecule has 0 unspecified atom stereocenters. The Balaban J connectivity index is 2.03. The molecule has 0 amide bonds. The first-order chi connectivity index (χ1) is 7.25. The zero-order valence-corrected chi connectivity index (χ0v) is 11.3. The molecule has 82 valence electrons. The molecule has 0 aliphatic carbocycles. The van der Waals surface area contributed by atoms with Gasteiger partial charge in [0.25, 0.3) is 0 Å². The summed E-state index contributed by atoms with van der Waals surface area (Å²) in [5, 5.41) is 3.49. The number of hydrogen-bond acceptors (Lipinski definition) is 2. The zero-order valence-electron chi connectivity index (χ0n) is 8.30. The third kappa shape index (κ3) is 3.24. The molecule has 1 heterocycles. The second-order valence-corrected chi connectivity index (χ2v) is 6.04. The summed E-state index contributed by atoms with van der Waals surface area (Å²) in [6.07, 6.45) is 2.41. The maximum Gasteiger partial charge on any atom is 0.124 e. The summed E-state index contributed by atoms with van der Waals surface area (Å²) in [6, 6.07) is 5.48. The van der Waals surface area contributed by atoms with Crippen molar-refractivity contribution in [3.05, 3.63) is 27.6 Å². The minimum Gasteiger partial charge on any atom is -0.381 e. The van der Waals surface area contributed by atoms with Crippen molar-refractivity contribution in [3.63, 3.8) is 0 Å². The molecule has 4 heteroatoms. The van der Waals surface area contributed by atoms with Gasteiger partial charge in [0.05, 0.1) is 0 Å². The molecular formula is C11H13FINS. The Bertz CT molecular complexity index is 339. The molecule has 1 aromatic carbocycles. The second-order valence-electron chi connectivity index (χ2n) is 3.66. The van der Waals surface area contributed by atoms with Crippen LogP contribution in [0.15, 0.2) is 18.2 Å². The second kappa shape index (κ2) is 5.39. The van der Waals surface area contributed by atoms with Crippen LogP contribution in [0.1, 0.15) is 12.8 Å². The quantitative estimate of drug-likeness (QED) is 0.826. The lowest BCUT2D eigenvalue weighted by Gasteiger charge is -2.24. The number of rotatable bonds is 2. The fourth-order valence-electron chi connectivity index (χ4n) is 1.67. The lowest BCUT2D eigenvalue weighted by atomic mass is 10.1. The molecule has 1 aliphatic heterocycles. The van der Waals surface area contributed by atoms with E-state index in [1.165, 1.54) is 30.4 Å². The molecule has 0 saturated carbocycles. The summed E-state index contributed by atoms with van der Waals surface area (Å²) >= 11 is 4.19. The average Bonchev–Trinajstić information content (AvgIpc) is 2.24. The first kappa shape index (κ1) is 11.5. The van der Waals surface area contributed by atoms with E-state index in [2.05, 4.69) is 27.9 Å². The number of nitrogens with one attached hydrogen (secondary N) is 1. The Hall–Kier alpha value is 0.0300. The van der Waals surface area contributed by atoms with E-state index in [1.807, 2.05) is 17.8 Å². The third-order valence-electron chi connectivity index (χ3n) is 2.51. The highest BCUT2D eigenvalue weighted by Gasteiger charge is 2.14. The first-order valence-corrected chi connectivity index (χ1v) is 7.28. The van der Waals surface area contributed by atoms with Gasteiger partial charge >= 0.3 is 0 Å². The number of hydrogen-bond donors (Lipinski definition) is 1. The number of thioether (sulfide) groups is 1. The van der Waals surface area contributed by atoms with Crippen molar-refractivity contribution < 1.29 is 4.39 Å². The van der Waals surface area contributed by atoms with Crippen molar-refractivity contribution in [2.45, 2.75) is 18.9 Å². The molecule has 15 heavy (non-hydrogen) atoms. The van der Waals surface area contributed by atoms with Crippen LogP contribution in [0.5, 0.6) is 0 Å². The molecule has 0 atom stereocenters. The van der Waals surface area contributed by atoms with Crippen molar-refractivity contribution in [1.29, 1.82) is 0 Å². The summed E-state index contributed by atoms with van der Waals surface area (Å²) in [7, 11) is 0. The smallest absolute Gasteiger partial charge is 0.124 e. The molecule has 0 aromatic heterocycles. The van der Waals surface area contributed by atoms with Crippen LogP contribution in [-0.2, 0) is 0 Å². The molecule has 1 aliphatic rings. The van der Waals surface area contributed by atoms with Gasteiger partial charge in [0.2, 0.25) is 0 Å². The van der Waals surface area contributed by atoms with Gasteiger partial charge in [-0.05, 0) is 65.1 Å². The van der Waals surface area contributed by atoms with Crippen molar-refractivity contribution in [2.75, 3.05) is 16.8 Å². The predicted molar refractivity (Wildman–Crippen MR) is 73.1 cm³/mol. The van der Waals surface area contributed by atoms with Gasteiger partial charge in [0.15, 0.2) is 0 Å². The maximum atomic E-state index is 12.9. The van der Waals surface area contributed by atoms with Crippen LogP contribution in [-0.4, -0.2) is 17.5 Å². The first-order valence-electron chi connectivity index (χ1n) is 5.05. The van der Waals surface area contributed by atoms with Crippen LogP contribution < -0.4 is 5.32 Å². The highest BCUT2D eigenvalue weighted by molar-refractivity contribution is 14.1. The molecule has 1 saturated heterocycles. The molecular weight excluding hydrogens is 324 g/mol. The minimum atomic E-state index is -0.163. The average molecular weight is 337 g/mol. The topological polar surface area (TPSA) is 12.0 Å². The maximum absolute atomic E-state index is 12.9. The summed E-state index contributed by atoms with van der Waals surface area (Å²) in [5.74, 6) is 2.30. The Morgan fingerprint density at radius 1 is 1.33 bits per heavy atom. The highest BCUT2D eigenvalue weighted by Crippen LogP contribution is 2.24. The molecule has 1 fully saturated rings. The van der Waals surface area contributed by atoms with Crippen molar-refractivity contribution in [2.24, 2.45) is 0 Å². The van der Waals surface area contributed by atoms with Crippen LogP contribution in [0.25, 0.3) is 0 Å². The van der Waals surface area contributed by atoms with Crippen LogP contribution in [0.2, 0.25) is 0 Å². The summed E-state index contributed by atoms with van der Waals surface area (Å²) in [6.45, 7) is 0. The van der Waals surface area contributed by atoms with E-state index in [9.17, 15) is 4.39 Å². The number of halogens is 2. The Labute approximate surface area is 107 Å². The lowest BCUT2D eigenvalue weighted by Crippen LogP contribution is -2.24. The summed E-state index contributed by atoms with van der Waals surface area (Å²) < 4.78 is 13.9. The molecule has 0 radical (unpaired) electrons. The van der Waals surface area contributed by atoms with Crippen molar-refractivity contribution in [1.82, 2.24) is 0 Å².